The molecule has 10 heteroatoms. The van der Waals surface area contributed by atoms with Crippen LogP contribution in [0.3, 0.4) is 0 Å². The summed E-state index contributed by atoms with van der Waals surface area (Å²) in [6.45, 7) is 0.452. The Bertz CT molecular complexity index is 948. The maximum atomic E-state index is 13.6. The molecule has 0 aliphatic heterocycles. The molecule has 0 saturated carbocycles. The van der Waals surface area contributed by atoms with Gasteiger partial charge in [0.2, 0.25) is 10.0 Å². The highest BCUT2D eigenvalue weighted by Crippen LogP contribution is 2.18. The Morgan fingerprint density at radius 2 is 1.81 bits per heavy atom. The summed E-state index contributed by atoms with van der Waals surface area (Å²) in [5.41, 5.74) is 0.761. The largest absolute Gasteiger partial charge is 0.455 e. The summed E-state index contributed by atoms with van der Waals surface area (Å²) in [4.78, 5) is 23.3. The number of hydrogen-bond acceptors (Lipinski definition) is 5. The van der Waals surface area contributed by atoms with Crippen LogP contribution in [0.5, 0.6) is 0 Å². The number of ether oxygens (including phenoxy) is 1. The number of carbonyl (C=O) groups is 2. The van der Waals surface area contributed by atoms with Crippen LogP contribution in [-0.2, 0) is 24.3 Å². The maximum Gasteiger partial charge on any atom is 0.321 e. The zero-order valence-electron chi connectivity index (χ0n) is 14.2. The molecule has 0 unspecified atom stereocenters. The fraction of sp³-hybridized carbons (Fsp3) is 0.176. The van der Waals surface area contributed by atoms with E-state index >= 15 is 0 Å². The van der Waals surface area contributed by atoms with Crippen LogP contribution in [0.25, 0.3) is 0 Å². The predicted molar refractivity (Wildman–Crippen MR) is 97.4 cm³/mol. The second-order valence-corrected chi connectivity index (χ2v) is 7.67. The number of amides is 1. The lowest BCUT2D eigenvalue weighted by atomic mass is 10.2. The molecule has 7 nitrogen and oxygen atoms in total. The first-order valence-electron chi connectivity index (χ1n) is 7.64. The molecule has 0 aliphatic carbocycles. The summed E-state index contributed by atoms with van der Waals surface area (Å²) in [6, 6.07) is 9.69. The summed E-state index contributed by atoms with van der Waals surface area (Å²) in [5, 5.41) is 2.37. The van der Waals surface area contributed by atoms with Crippen molar-refractivity contribution in [2.75, 3.05) is 18.5 Å². The number of halogens is 2. The van der Waals surface area contributed by atoms with Crippen LogP contribution < -0.4 is 10.0 Å². The number of aryl methyl sites for hydroxylation is 1. The van der Waals surface area contributed by atoms with Gasteiger partial charge in [0.1, 0.15) is 12.4 Å². The second-order valence-electron chi connectivity index (χ2n) is 5.47. The lowest BCUT2D eigenvalue weighted by Gasteiger charge is -2.09. The minimum Gasteiger partial charge on any atom is -0.455 e. The highest BCUT2D eigenvalue weighted by Gasteiger charge is 2.17. The highest BCUT2D eigenvalue weighted by molar-refractivity contribution is 7.89. The Hall–Kier alpha value is -2.49. The van der Waals surface area contributed by atoms with Crippen molar-refractivity contribution in [2.45, 2.75) is 11.8 Å². The summed E-state index contributed by atoms with van der Waals surface area (Å²) in [6.07, 6.45) is 0. The van der Waals surface area contributed by atoms with E-state index in [9.17, 15) is 22.4 Å². The van der Waals surface area contributed by atoms with Crippen molar-refractivity contribution in [2.24, 2.45) is 0 Å². The standard InChI is InChI=1S/C17H16ClFN2O5S/c1-11-2-5-13(6-3-11)27(24,25)20-9-17(23)26-10-16(22)21-15-7-4-12(18)8-14(15)19/h2-8,20H,9-10H2,1H3,(H,21,22). The van der Waals surface area contributed by atoms with Crippen molar-refractivity contribution in [3.63, 3.8) is 0 Å². The number of nitrogens with one attached hydrogen (secondary N) is 2. The Labute approximate surface area is 160 Å². The summed E-state index contributed by atoms with van der Waals surface area (Å²) < 4.78 is 44.4. The first kappa shape index (κ1) is 20.8. The third-order valence-corrected chi connectivity index (χ3v) is 4.96. The van der Waals surface area contributed by atoms with E-state index in [2.05, 4.69) is 14.8 Å². The minimum absolute atomic E-state index is 0.00291. The topological polar surface area (TPSA) is 102 Å². The van der Waals surface area contributed by atoms with Gasteiger partial charge in [0.05, 0.1) is 10.6 Å². The van der Waals surface area contributed by atoms with Crippen LogP contribution in [0, 0.1) is 12.7 Å². The zero-order valence-corrected chi connectivity index (χ0v) is 15.7. The molecule has 1 amide bonds. The molecule has 2 N–H and O–H groups in total. The number of rotatable bonds is 7. The molecule has 144 valence electrons. The lowest BCUT2D eigenvalue weighted by Crippen LogP contribution is -2.32. The number of carbonyl (C=O) groups excluding carboxylic acids is 2. The van der Waals surface area contributed by atoms with Crippen LogP contribution in [0.15, 0.2) is 47.4 Å². The average Bonchev–Trinajstić information content (AvgIpc) is 2.61. The predicted octanol–water partition coefficient (Wildman–Crippen LogP) is 2.25. The van der Waals surface area contributed by atoms with Crippen LogP contribution in [0.4, 0.5) is 10.1 Å². The molecule has 2 aromatic rings. The number of benzene rings is 2. The summed E-state index contributed by atoms with van der Waals surface area (Å²) >= 11 is 5.60. The zero-order chi connectivity index (χ0) is 20.0. The van der Waals surface area contributed by atoms with Crippen molar-refractivity contribution in [3.8, 4) is 0 Å². The molecule has 0 atom stereocenters. The van der Waals surface area contributed by atoms with Crippen LogP contribution in [0.1, 0.15) is 5.56 Å². The van der Waals surface area contributed by atoms with E-state index in [4.69, 9.17) is 11.6 Å². The Morgan fingerprint density at radius 3 is 2.44 bits per heavy atom. The van der Waals surface area contributed by atoms with Gasteiger partial charge in [0.25, 0.3) is 5.91 Å². The fourth-order valence-corrected chi connectivity index (χ4v) is 3.06. The molecule has 0 fully saturated rings. The summed E-state index contributed by atoms with van der Waals surface area (Å²) in [7, 11) is -3.88. The van der Waals surface area contributed by atoms with E-state index in [0.29, 0.717) is 0 Å². The van der Waals surface area contributed by atoms with Crippen LogP contribution in [0.2, 0.25) is 5.02 Å². The molecule has 2 aromatic carbocycles. The van der Waals surface area contributed by atoms with Gasteiger partial charge in [-0.3, -0.25) is 9.59 Å². The Kier molecular flexibility index (Phi) is 6.89. The van der Waals surface area contributed by atoms with E-state index in [1.54, 1.807) is 12.1 Å². The van der Waals surface area contributed by atoms with Crippen LogP contribution in [-0.4, -0.2) is 33.4 Å². The van der Waals surface area contributed by atoms with Crippen LogP contribution >= 0.6 is 11.6 Å². The second kappa shape index (κ2) is 8.94. The van der Waals surface area contributed by atoms with E-state index in [1.807, 2.05) is 6.92 Å². The molecule has 0 heterocycles. The van der Waals surface area contributed by atoms with Gasteiger partial charge in [-0.05, 0) is 37.3 Å². The van der Waals surface area contributed by atoms with Crippen molar-refractivity contribution in [1.82, 2.24) is 4.72 Å². The molecule has 0 saturated heterocycles. The molecule has 0 aromatic heterocycles. The molecule has 0 radical (unpaired) electrons. The number of esters is 1. The SMILES string of the molecule is Cc1ccc(S(=O)(=O)NCC(=O)OCC(=O)Nc2ccc(Cl)cc2F)cc1. The quantitative estimate of drug-likeness (QED) is 0.676. The third kappa shape index (κ3) is 6.31. The molecule has 0 bridgehead atoms. The van der Waals surface area contributed by atoms with Gasteiger partial charge < -0.3 is 10.1 Å². The molecular formula is C17H16ClFN2O5S. The van der Waals surface area contributed by atoms with E-state index in [-0.39, 0.29) is 15.6 Å². The van der Waals surface area contributed by atoms with Crippen molar-refractivity contribution in [1.29, 1.82) is 0 Å². The fourth-order valence-electron chi connectivity index (χ4n) is 1.93. The van der Waals surface area contributed by atoms with E-state index < -0.39 is 40.9 Å². The van der Waals surface area contributed by atoms with Gasteiger partial charge in [0.15, 0.2) is 6.61 Å². The van der Waals surface area contributed by atoms with Gasteiger partial charge in [-0.2, -0.15) is 4.72 Å². The number of hydrogen-bond donors (Lipinski definition) is 2. The van der Waals surface area contributed by atoms with E-state index in [0.717, 1.165) is 11.6 Å². The minimum atomic E-state index is -3.88. The number of sulfonamides is 1. The van der Waals surface area contributed by atoms with Crippen molar-refractivity contribution < 1.29 is 27.1 Å². The normalized spacial score (nSPS) is 11.1. The van der Waals surface area contributed by atoms with Gasteiger partial charge in [-0.1, -0.05) is 29.3 Å². The smallest absolute Gasteiger partial charge is 0.321 e. The first-order valence-corrected chi connectivity index (χ1v) is 9.50. The first-order chi connectivity index (χ1) is 12.7. The molecule has 0 aliphatic rings. The van der Waals surface area contributed by atoms with Gasteiger partial charge in [-0.15, -0.1) is 0 Å². The van der Waals surface area contributed by atoms with Gasteiger partial charge in [-0.25, -0.2) is 12.8 Å². The average molecular weight is 415 g/mol. The monoisotopic (exact) mass is 414 g/mol. The van der Waals surface area contributed by atoms with E-state index in [1.165, 1.54) is 24.3 Å². The molecule has 27 heavy (non-hydrogen) atoms. The third-order valence-electron chi connectivity index (χ3n) is 3.31. The maximum absolute atomic E-state index is 13.6. The highest BCUT2D eigenvalue weighted by atomic mass is 35.5. The summed E-state index contributed by atoms with van der Waals surface area (Å²) in [5.74, 6) is -2.49. The van der Waals surface area contributed by atoms with Crippen molar-refractivity contribution in [3.05, 3.63) is 58.9 Å². The molecule has 2 rings (SSSR count). The molecule has 0 spiro atoms. The van der Waals surface area contributed by atoms with Crippen molar-refractivity contribution >= 4 is 39.2 Å². The molecular weight excluding hydrogens is 399 g/mol. The van der Waals surface area contributed by atoms with Gasteiger partial charge >= 0.3 is 5.97 Å². The Balaban J connectivity index is 1.81. The number of anilines is 1. The van der Waals surface area contributed by atoms with Gasteiger partial charge in [0, 0.05) is 5.02 Å². The Morgan fingerprint density at radius 1 is 1.15 bits per heavy atom. The lowest BCUT2D eigenvalue weighted by molar-refractivity contribution is -0.146.